The number of hydrogen-bond acceptors (Lipinski definition) is 1. The lowest BCUT2D eigenvalue weighted by molar-refractivity contribution is 0.264. The maximum atomic E-state index is 13.1. The molecule has 100 valence electrons. The third-order valence-corrected chi connectivity index (χ3v) is 4.16. The summed E-state index contributed by atoms with van der Waals surface area (Å²) in [4.78, 5) is 0. The van der Waals surface area contributed by atoms with Gasteiger partial charge in [0.2, 0.25) is 0 Å². The highest BCUT2D eigenvalue weighted by atomic mass is 19.1. The Morgan fingerprint density at radius 1 is 1.28 bits per heavy atom. The molecule has 1 aliphatic carbocycles. The summed E-state index contributed by atoms with van der Waals surface area (Å²) in [5.74, 6) is 0.589. The zero-order valence-corrected chi connectivity index (χ0v) is 11.5. The van der Waals surface area contributed by atoms with E-state index in [9.17, 15) is 4.39 Å². The molecule has 2 unspecified atom stereocenters. The van der Waals surface area contributed by atoms with Crippen LogP contribution in [0.3, 0.4) is 0 Å². The summed E-state index contributed by atoms with van der Waals surface area (Å²) in [6.07, 6.45) is 6.36. The lowest BCUT2D eigenvalue weighted by Crippen LogP contribution is -2.39. The number of rotatable bonds is 4. The Morgan fingerprint density at radius 3 is 2.78 bits per heavy atom. The van der Waals surface area contributed by atoms with Gasteiger partial charge >= 0.3 is 0 Å². The number of halogens is 1. The van der Waals surface area contributed by atoms with Crippen LogP contribution < -0.4 is 5.32 Å². The van der Waals surface area contributed by atoms with Crippen LogP contribution >= 0.6 is 0 Å². The lowest BCUT2D eigenvalue weighted by atomic mass is 9.80. The molecule has 1 fully saturated rings. The second-order valence-corrected chi connectivity index (χ2v) is 5.48. The molecule has 1 aromatic rings. The van der Waals surface area contributed by atoms with Gasteiger partial charge in [0.05, 0.1) is 0 Å². The van der Waals surface area contributed by atoms with E-state index >= 15 is 0 Å². The summed E-state index contributed by atoms with van der Waals surface area (Å²) in [5.41, 5.74) is 2.40. The van der Waals surface area contributed by atoms with Crippen LogP contribution in [0, 0.1) is 18.7 Å². The maximum Gasteiger partial charge on any atom is 0.123 e. The summed E-state index contributed by atoms with van der Waals surface area (Å²) in [5, 5.41) is 3.61. The number of nitrogens with one attached hydrogen (secondary N) is 1. The van der Waals surface area contributed by atoms with Crippen LogP contribution in [-0.4, -0.2) is 12.6 Å². The monoisotopic (exact) mass is 249 g/mol. The topological polar surface area (TPSA) is 12.0 Å². The first kappa shape index (κ1) is 13.5. The fourth-order valence-electron chi connectivity index (χ4n) is 3.15. The highest BCUT2D eigenvalue weighted by Gasteiger charge is 2.24. The molecule has 0 aliphatic heterocycles. The van der Waals surface area contributed by atoms with Crippen LogP contribution in [-0.2, 0) is 6.42 Å². The van der Waals surface area contributed by atoms with Gasteiger partial charge in [0.1, 0.15) is 5.82 Å². The molecule has 1 saturated carbocycles. The first-order chi connectivity index (χ1) is 8.70. The second-order valence-electron chi connectivity index (χ2n) is 5.48. The quantitative estimate of drug-likeness (QED) is 0.854. The molecular formula is C16H24FN. The van der Waals surface area contributed by atoms with E-state index in [0.29, 0.717) is 12.0 Å². The largest absolute Gasteiger partial charge is 0.314 e. The van der Waals surface area contributed by atoms with E-state index < -0.39 is 0 Å². The van der Waals surface area contributed by atoms with E-state index in [4.69, 9.17) is 0 Å². The first-order valence-electron chi connectivity index (χ1n) is 7.19. The van der Waals surface area contributed by atoms with E-state index in [-0.39, 0.29) is 5.82 Å². The predicted molar refractivity (Wildman–Crippen MR) is 74.3 cm³/mol. The average molecular weight is 249 g/mol. The second kappa shape index (κ2) is 6.33. The lowest BCUT2D eigenvalue weighted by Gasteiger charge is -2.32. The van der Waals surface area contributed by atoms with E-state index in [2.05, 4.69) is 12.2 Å². The molecule has 1 aromatic carbocycles. The van der Waals surface area contributed by atoms with Gasteiger partial charge in [-0.05, 0) is 61.9 Å². The smallest absolute Gasteiger partial charge is 0.123 e. The van der Waals surface area contributed by atoms with Gasteiger partial charge in [-0.3, -0.25) is 0 Å². The van der Waals surface area contributed by atoms with Gasteiger partial charge in [-0.2, -0.15) is 0 Å². The molecule has 1 nitrogen and oxygen atoms in total. The summed E-state index contributed by atoms with van der Waals surface area (Å²) in [7, 11) is 0. The van der Waals surface area contributed by atoms with Crippen molar-refractivity contribution in [3.8, 4) is 0 Å². The Kier molecular flexibility index (Phi) is 4.76. The van der Waals surface area contributed by atoms with Gasteiger partial charge < -0.3 is 5.32 Å². The summed E-state index contributed by atoms with van der Waals surface area (Å²) in [6, 6.07) is 5.85. The van der Waals surface area contributed by atoms with Crippen molar-refractivity contribution >= 4 is 0 Å². The molecule has 0 amide bonds. The van der Waals surface area contributed by atoms with E-state index in [1.165, 1.54) is 31.2 Å². The van der Waals surface area contributed by atoms with Crippen molar-refractivity contribution in [3.05, 3.63) is 35.1 Å². The summed E-state index contributed by atoms with van der Waals surface area (Å²) < 4.78 is 13.1. The number of hydrogen-bond donors (Lipinski definition) is 1. The third kappa shape index (κ3) is 3.32. The number of aryl methyl sites for hydroxylation is 1. The fraction of sp³-hybridized carbons (Fsp3) is 0.625. The van der Waals surface area contributed by atoms with Crippen molar-refractivity contribution < 1.29 is 4.39 Å². The molecule has 0 saturated heterocycles. The summed E-state index contributed by atoms with van der Waals surface area (Å²) >= 11 is 0. The van der Waals surface area contributed by atoms with Crippen LogP contribution in [0.5, 0.6) is 0 Å². The van der Waals surface area contributed by atoms with Crippen molar-refractivity contribution in [1.82, 2.24) is 5.32 Å². The Balaban J connectivity index is 2.06. The van der Waals surface area contributed by atoms with Crippen LogP contribution in [0.15, 0.2) is 18.2 Å². The van der Waals surface area contributed by atoms with E-state index in [1.807, 2.05) is 13.0 Å². The fourth-order valence-corrected chi connectivity index (χ4v) is 3.15. The molecule has 1 aliphatic rings. The van der Waals surface area contributed by atoms with Crippen LogP contribution in [0.25, 0.3) is 0 Å². The van der Waals surface area contributed by atoms with Crippen LogP contribution in [0.2, 0.25) is 0 Å². The molecule has 2 rings (SSSR count). The molecule has 2 atom stereocenters. The third-order valence-electron chi connectivity index (χ3n) is 4.16. The minimum Gasteiger partial charge on any atom is -0.314 e. The molecule has 18 heavy (non-hydrogen) atoms. The van der Waals surface area contributed by atoms with Crippen molar-refractivity contribution in [2.45, 2.75) is 52.0 Å². The van der Waals surface area contributed by atoms with Crippen LogP contribution in [0.4, 0.5) is 4.39 Å². The highest BCUT2D eigenvalue weighted by Crippen LogP contribution is 2.28. The molecule has 0 aromatic heterocycles. The molecule has 2 heteroatoms. The molecular weight excluding hydrogens is 225 g/mol. The standard InChI is InChI=1S/C16H24FN/c1-3-18-16-7-5-4-6-14(16)11-13-8-9-15(17)10-12(13)2/h8-10,14,16,18H,3-7,11H2,1-2H3. The highest BCUT2D eigenvalue weighted by molar-refractivity contribution is 5.27. The normalized spacial score (nSPS) is 24.2. The Morgan fingerprint density at radius 2 is 2.06 bits per heavy atom. The van der Waals surface area contributed by atoms with Crippen molar-refractivity contribution in [1.29, 1.82) is 0 Å². The van der Waals surface area contributed by atoms with Gasteiger partial charge in [0.15, 0.2) is 0 Å². The van der Waals surface area contributed by atoms with Gasteiger partial charge in [0.25, 0.3) is 0 Å². The van der Waals surface area contributed by atoms with E-state index in [1.54, 1.807) is 12.1 Å². The summed E-state index contributed by atoms with van der Waals surface area (Å²) in [6.45, 7) is 5.24. The molecule has 0 spiro atoms. The van der Waals surface area contributed by atoms with Crippen molar-refractivity contribution in [2.24, 2.45) is 5.92 Å². The molecule has 0 bridgehead atoms. The predicted octanol–water partition coefficient (Wildman–Crippen LogP) is 3.84. The SMILES string of the molecule is CCNC1CCCCC1Cc1ccc(F)cc1C. The van der Waals surface area contributed by atoms with Gasteiger partial charge in [-0.1, -0.05) is 25.8 Å². The average Bonchev–Trinajstić information content (AvgIpc) is 2.35. The Bertz CT molecular complexity index is 387. The first-order valence-corrected chi connectivity index (χ1v) is 7.19. The maximum absolute atomic E-state index is 13.1. The Labute approximate surface area is 110 Å². The van der Waals surface area contributed by atoms with Crippen molar-refractivity contribution in [3.63, 3.8) is 0 Å². The van der Waals surface area contributed by atoms with Gasteiger partial charge in [-0.25, -0.2) is 4.39 Å². The van der Waals surface area contributed by atoms with Gasteiger partial charge in [-0.15, -0.1) is 0 Å². The van der Waals surface area contributed by atoms with Crippen molar-refractivity contribution in [2.75, 3.05) is 6.54 Å². The zero-order valence-electron chi connectivity index (χ0n) is 11.5. The number of benzene rings is 1. The zero-order chi connectivity index (χ0) is 13.0. The Hall–Kier alpha value is -0.890. The van der Waals surface area contributed by atoms with Crippen LogP contribution in [0.1, 0.15) is 43.7 Å². The minimum absolute atomic E-state index is 0.122. The van der Waals surface area contributed by atoms with Gasteiger partial charge in [0, 0.05) is 6.04 Å². The minimum atomic E-state index is -0.122. The molecule has 0 radical (unpaired) electrons. The van der Waals surface area contributed by atoms with E-state index in [0.717, 1.165) is 18.5 Å². The molecule has 0 heterocycles. The molecule has 1 N–H and O–H groups in total.